The van der Waals surface area contributed by atoms with Crippen molar-refractivity contribution in [2.45, 2.75) is 45.3 Å². The molecule has 1 fully saturated rings. The lowest BCUT2D eigenvalue weighted by Crippen LogP contribution is -2.49. The maximum absolute atomic E-state index is 14.4. The second-order valence-electron chi connectivity index (χ2n) is 10.1. The summed E-state index contributed by atoms with van der Waals surface area (Å²) in [7, 11) is 0. The van der Waals surface area contributed by atoms with Crippen LogP contribution in [0.25, 0.3) is 16.9 Å². The quantitative estimate of drug-likeness (QED) is 0.388. The molecule has 198 valence electrons. The first-order chi connectivity index (χ1) is 18.2. The van der Waals surface area contributed by atoms with Gasteiger partial charge in [-0.05, 0) is 63.9 Å². The first-order valence-corrected chi connectivity index (χ1v) is 12.3. The minimum Gasteiger partial charge on any atom is -0.444 e. The predicted octanol–water partition coefficient (Wildman–Crippen LogP) is 4.70. The molecule has 1 aliphatic rings. The maximum atomic E-state index is 14.4. The van der Waals surface area contributed by atoms with Gasteiger partial charge in [0.2, 0.25) is 0 Å². The number of anilines is 3. The lowest BCUT2D eigenvalue weighted by atomic mass is 10.0. The Morgan fingerprint density at radius 2 is 1.89 bits per heavy atom. The fraction of sp³-hybridized carbons (Fsp3) is 0.346. The first kappa shape index (κ1) is 25.3. The lowest BCUT2D eigenvalue weighted by molar-refractivity contribution is 0.0500. The van der Waals surface area contributed by atoms with Crippen LogP contribution in [0.2, 0.25) is 0 Å². The molecule has 1 saturated heterocycles. The van der Waals surface area contributed by atoms with E-state index in [9.17, 15) is 13.6 Å². The molecule has 5 rings (SSSR count). The average molecular weight is 523 g/mol. The average Bonchev–Trinajstić information content (AvgIpc) is 3.25. The van der Waals surface area contributed by atoms with Crippen LogP contribution < -0.4 is 15.5 Å². The Morgan fingerprint density at radius 1 is 1.11 bits per heavy atom. The van der Waals surface area contributed by atoms with Crippen LogP contribution in [0.4, 0.5) is 30.9 Å². The number of alkyl carbamates (subject to hydrolysis) is 1. The van der Waals surface area contributed by atoms with Crippen LogP contribution in [0.3, 0.4) is 0 Å². The van der Waals surface area contributed by atoms with Crippen molar-refractivity contribution in [2.24, 2.45) is 0 Å². The number of pyridine rings is 1. The van der Waals surface area contributed by atoms with Crippen molar-refractivity contribution in [3.63, 3.8) is 0 Å². The van der Waals surface area contributed by atoms with Crippen molar-refractivity contribution in [1.29, 1.82) is 0 Å². The number of carbonyl (C=O) groups is 1. The number of piperidine rings is 1. The highest BCUT2D eigenvalue weighted by atomic mass is 19.1. The minimum absolute atomic E-state index is 0.0894. The molecule has 0 unspecified atom stereocenters. The van der Waals surface area contributed by atoms with Crippen molar-refractivity contribution in [3.05, 3.63) is 60.4 Å². The Kier molecular flexibility index (Phi) is 6.79. The minimum atomic E-state index is -0.714. The van der Waals surface area contributed by atoms with Crippen LogP contribution in [-0.4, -0.2) is 55.6 Å². The van der Waals surface area contributed by atoms with E-state index in [1.807, 2.05) is 26.8 Å². The summed E-state index contributed by atoms with van der Waals surface area (Å²) in [6.45, 7) is 6.84. The Hall–Kier alpha value is -4.35. The van der Waals surface area contributed by atoms with Gasteiger partial charge < -0.3 is 20.3 Å². The van der Waals surface area contributed by atoms with E-state index in [1.54, 1.807) is 18.5 Å². The van der Waals surface area contributed by atoms with Gasteiger partial charge >= 0.3 is 6.09 Å². The van der Waals surface area contributed by atoms with E-state index in [-0.39, 0.29) is 23.2 Å². The topological polar surface area (TPSA) is 110 Å². The van der Waals surface area contributed by atoms with Gasteiger partial charge in [-0.25, -0.2) is 13.6 Å². The molecule has 0 aliphatic carbocycles. The number of benzene rings is 1. The number of carbonyl (C=O) groups excluding carboxylic acids is 1. The van der Waals surface area contributed by atoms with Gasteiger partial charge in [0.15, 0.2) is 5.65 Å². The smallest absolute Gasteiger partial charge is 0.407 e. The van der Waals surface area contributed by atoms with Crippen molar-refractivity contribution < 1.29 is 18.3 Å². The molecule has 12 heteroatoms. The largest absolute Gasteiger partial charge is 0.444 e. The molecule has 4 heterocycles. The first-order valence-electron chi connectivity index (χ1n) is 12.3. The van der Waals surface area contributed by atoms with E-state index in [2.05, 4.69) is 35.8 Å². The number of amides is 1. The number of fused-ring (bicyclic) bond motifs is 1. The molecule has 38 heavy (non-hydrogen) atoms. The number of rotatable bonds is 5. The second-order valence-corrected chi connectivity index (χ2v) is 10.1. The molecule has 0 radical (unpaired) electrons. The van der Waals surface area contributed by atoms with Crippen LogP contribution in [0.1, 0.15) is 33.6 Å². The summed E-state index contributed by atoms with van der Waals surface area (Å²) >= 11 is 0. The normalized spacial score (nSPS) is 15.9. The molecular formula is C26H28F2N8O2. The summed E-state index contributed by atoms with van der Waals surface area (Å²) in [5, 5.41) is 18.9. The Bertz CT molecular complexity index is 1450. The Labute approximate surface area is 218 Å². The summed E-state index contributed by atoms with van der Waals surface area (Å²) in [6, 6.07) is 8.53. The third kappa shape index (κ3) is 5.48. The van der Waals surface area contributed by atoms with E-state index in [0.29, 0.717) is 17.9 Å². The number of nitrogens with zero attached hydrogens (tertiary/aromatic N) is 6. The van der Waals surface area contributed by atoms with Crippen LogP contribution in [0, 0.1) is 11.6 Å². The molecule has 1 aromatic carbocycles. The van der Waals surface area contributed by atoms with Crippen LogP contribution >= 0.6 is 0 Å². The predicted molar refractivity (Wildman–Crippen MR) is 138 cm³/mol. The van der Waals surface area contributed by atoms with E-state index in [4.69, 9.17) is 4.74 Å². The Balaban J connectivity index is 1.39. The van der Waals surface area contributed by atoms with Crippen molar-refractivity contribution >= 4 is 29.1 Å². The summed E-state index contributed by atoms with van der Waals surface area (Å²) in [6.07, 6.45) is 4.60. The van der Waals surface area contributed by atoms with E-state index < -0.39 is 23.3 Å². The molecule has 4 aromatic rings. The molecule has 1 atom stereocenters. The number of aromatic nitrogens is 5. The summed E-state index contributed by atoms with van der Waals surface area (Å²) < 4.78 is 35.6. The van der Waals surface area contributed by atoms with Crippen molar-refractivity contribution in [3.8, 4) is 11.3 Å². The van der Waals surface area contributed by atoms with Gasteiger partial charge in [0.1, 0.15) is 17.2 Å². The Morgan fingerprint density at radius 3 is 2.66 bits per heavy atom. The fourth-order valence-corrected chi connectivity index (χ4v) is 4.41. The zero-order valence-corrected chi connectivity index (χ0v) is 21.3. The molecule has 1 amide bonds. The number of hydrogen-bond donors (Lipinski definition) is 2. The van der Waals surface area contributed by atoms with Crippen LogP contribution in [0.5, 0.6) is 0 Å². The highest BCUT2D eigenvalue weighted by Crippen LogP contribution is 2.30. The van der Waals surface area contributed by atoms with Crippen molar-refractivity contribution in [2.75, 3.05) is 23.3 Å². The number of hydrogen-bond acceptors (Lipinski definition) is 8. The molecule has 2 N–H and O–H groups in total. The van der Waals surface area contributed by atoms with E-state index in [1.165, 1.54) is 28.8 Å². The molecular weight excluding hydrogens is 494 g/mol. The van der Waals surface area contributed by atoms with E-state index >= 15 is 0 Å². The summed E-state index contributed by atoms with van der Waals surface area (Å²) in [4.78, 5) is 18.7. The SMILES string of the molecule is CC(C)(C)OC(=O)N[C@H]1CCCN(c2ccncc2Nc2nnc3ccc(-c4c(F)cccc4F)nn23)C1. The third-order valence-electron chi connectivity index (χ3n) is 6.01. The zero-order chi connectivity index (χ0) is 26.9. The maximum Gasteiger partial charge on any atom is 0.407 e. The number of ether oxygens (including phenoxy) is 1. The van der Waals surface area contributed by atoms with Gasteiger partial charge in [0.25, 0.3) is 5.95 Å². The zero-order valence-electron chi connectivity index (χ0n) is 21.3. The summed E-state index contributed by atoms with van der Waals surface area (Å²) in [5.41, 5.74) is 1.20. The fourth-order valence-electron chi connectivity index (χ4n) is 4.41. The van der Waals surface area contributed by atoms with Crippen LogP contribution in [0.15, 0.2) is 48.8 Å². The van der Waals surface area contributed by atoms with Gasteiger partial charge in [-0.2, -0.15) is 9.61 Å². The van der Waals surface area contributed by atoms with Gasteiger partial charge in [0, 0.05) is 25.3 Å². The summed E-state index contributed by atoms with van der Waals surface area (Å²) in [5.74, 6) is -1.17. The van der Waals surface area contributed by atoms with Crippen LogP contribution in [-0.2, 0) is 4.74 Å². The standard InChI is InChI=1S/C26H28F2N8O2/c1-26(2,3)38-25(37)30-16-6-5-13-35(15-16)21-11-12-29-14-20(21)31-24-33-32-22-10-9-19(34-36(22)24)23-17(27)7-4-8-18(23)28/h4,7-12,14,16H,5-6,13,15H2,1-3H3,(H,30,37)(H,31,33)/t16-/m0/s1. The van der Waals surface area contributed by atoms with Gasteiger partial charge in [0.05, 0.1) is 28.8 Å². The highest BCUT2D eigenvalue weighted by molar-refractivity contribution is 5.74. The van der Waals surface area contributed by atoms with Crippen molar-refractivity contribution in [1.82, 2.24) is 30.1 Å². The molecule has 3 aromatic heterocycles. The number of nitrogens with one attached hydrogen (secondary N) is 2. The third-order valence-corrected chi connectivity index (χ3v) is 6.01. The molecule has 0 bridgehead atoms. The molecule has 0 spiro atoms. The van der Waals surface area contributed by atoms with Gasteiger partial charge in [-0.1, -0.05) is 6.07 Å². The number of halogens is 2. The molecule has 0 saturated carbocycles. The monoisotopic (exact) mass is 522 g/mol. The second kappa shape index (κ2) is 10.2. The highest BCUT2D eigenvalue weighted by Gasteiger charge is 2.26. The lowest BCUT2D eigenvalue weighted by Gasteiger charge is -2.35. The molecule has 1 aliphatic heterocycles. The molecule has 10 nitrogen and oxygen atoms in total. The van der Waals surface area contributed by atoms with Gasteiger partial charge in [-0.15, -0.1) is 10.2 Å². The van der Waals surface area contributed by atoms with Gasteiger partial charge in [-0.3, -0.25) is 4.98 Å². The van der Waals surface area contributed by atoms with E-state index in [0.717, 1.165) is 25.1 Å².